The molecule has 0 fully saturated rings. The van der Waals surface area contributed by atoms with Crippen molar-refractivity contribution >= 4 is 63.0 Å². The number of hydrogen-bond acceptors (Lipinski definition) is 6. The fraction of sp³-hybridized carbons (Fsp3) is 0.250. The molecule has 1 N–H and O–H groups in total. The van der Waals surface area contributed by atoms with E-state index in [2.05, 4.69) is 19.0 Å². The molecule has 4 nitrogen and oxygen atoms in total. The van der Waals surface area contributed by atoms with Crippen molar-refractivity contribution in [2.24, 2.45) is 0 Å². The number of anilines is 1. The van der Waals surface area contributed by atoms with Crippen molar-refractivity contribution in [2.75, 3.05) is 5.32 Å². The largest absolute Gasteiger partial charge is 0.377 e. The number of thiazole rings is 1. The van der Waals surface area contributed by atoms with E-state index in [-0.39, 0.29) is 0 Å². The zero-order valence-corrected chi connectivity index (χ0v) is 13.8. The van der Waals surface area contributed by atoms with Gasteiger partial charge in [0.25, 0.3) is 0 Å². The van der Waals surface area contributed by atoms with E-state index in [4.69, 9.17) is 23.2 Å². The molecule has 0 aliphatic carbocycles. The lowest BCUT2D eigenvalue weighted by Crippen LogP contribution is -2.00. The van der Waals surface area contributed by atoms with Crippen LogP contribution in [0.25, 0.3) is 11.0 Å². The minimum Gasteiger partial charge on any atom is -0.377 e. The van der Waals surface area contributed by atoms with Crippen molar-refractivity contribution in [1.29, 1.82) is 0 Å². The average Bonchev–Trinajstić information content (AvgIpc) is 2.96. The Kier molecular flexibility index (Phi) is 3.81. The highest BCUT2D eigenvalue weighted by Crippen LogP contribution is 2.35. The lowest BCUT2D eigenvalue weighted by Gasteiger charge is -2.08. The first-order valence-corrected chi connectivity index (χ1v) is 8.13. The molecule has 0 bridgehead atoms. The number of aromatic nitrogens is 3. The molecule has 3 aromatic rings. The van der Waals surface area contributed by atoms with Gasteiger partial charge in [0.15, 0.2) is 0 Å². The highest BCUT2D eigenvalue weighted by atomic mass is 35.5. The molecule has 104 valence electrons. The van der Waals surface area contributed by atoms with Gasteiger partial charge in [-0.3, -0.25) is 0 Å². The minimum absolute atomic E-state index is 0.522. The molecular formula is C12H10Cl2N4S2. The number of nitrogens with one attached hydrogen (secondary N) is 1. The quantitative estimate of drug-likeness (QED) is 0.749. The zero-order valence-electron chi connectivity index (χ0n) is 10.7. The first-order chi connectivity index (χ1) is 9.56. The molecule has 20 heavy (non-hydrogen) atoms. The maximum Gasteiger partial charge on any atom is 0.130 e. The Labute approximate surface area is 134 Å². The summed E-state index contributed by atoms with van der Waals surface area (Å²) in [6.07, 6.45) is 0. The van der Waals surface area contributed by atoms with Crippen LogP contribution in [0.15, 0.2) is 6.07 Å². The average molecular weight is 345 g/mol. The Morgan fingerprint density at radius 1 is 1.15 bits per heavy atom. The maximum atomic E-state index is 6.25. The number of hydrogen-bond donors (Lipinski definition) is 1. The molecular weight excluding hydrogens is 335 g/mol. The Morgan fingerprint density at radius 2 is 1.90 bits per heavy atom. The third kappa shape index (κ3) is 2.48. The van der Waals surface area contributed by atoms with Crippen LogP contribution in [-0.2, 0) is 6.54 Å². The summed E-state index contributed by atoms with van der Waals surface area (Å²) in [6, 6.07) is 1.69. The van der Waals surface area contributed by atoms with Gasteiger partial charge >= 0.3 is 0 Å². The summed E-state index contributed by atoms with van der Waals surface area (Å²) in [6.45, 7) is 4.66. The second-order valence-corrected chi connectivity index (χ2v) is 6.90. The van der Waals surface area contributed by atoms with Crippen LogP contribution in [0, 0.1) is 13.8 Å². The lowest BCUT2D eigenvalue weighted by molar-refractivity contribution is 1.11. The van der Waals surface area contributed by atoms with Crippen molar-refractivity contribution < 1.29 is 0 Å². The van der Waals surface area contributed by atoms with Crippen LogP contribution in [0.2, 0.25) is 10.0 Å². The highest BCUT2D eigenvalue weighted by molar-refractivity contribution is 7.11. The van der Waals surface area contributed by atoms with E-state index >= 15 is 0 Å². The Balaban J connectivity index is 1.95. The maximum absolute atomic E-state index is 6.25. The van der Waals surface area contributed by atoms with E-state index in [1.165, 1.54) is 4.88 Å². The molecule has 0 radical (unpaired) electrons. The van der Waals surface area contributed by atoms with Gasteiger partial charge in [0.05, 0.1) is 44.7 Å². The molecule has 8 heteroatoms. The van der Waals surface area contributed by atoms with Crippen LogP contribution in [0.4, 0.5) is 5.69 Å². The summed E-state index contributed by atoms with van der Waals surface area (Å²) >= 11 is 15.2. The summed E-state index contributed by atoms with van der Waals surface area (Å²) in [7, 11) is 0. The topological polar surface area (TPSA) is 50.7 Å². The van der Waals surface area contributed by atoms with E-state index < -0.39 is 0 Å². The Hall–Kier alpha value is -0.950. The van der Waals surface area contributed by atoms with E-state index in [9.17, 15) is 0 Å². The summed E-state index contributed by atoms with van der Waals surface area (Å²) < 4.78 is 8.45. The molecule has 0 saturated heterocycles. The standard InChI is InChI=1S/C12H10Cl2N4S2/c1-5-9(19-6(2)16-5)4-15-10-7(13)3-8(14)11-12(10)18-20-17-11/h3,15H,4H2,1-2H3. The van der Waals surface area contributed by atoms with Crippen LogP contribution in [0.5, 0.6) is 0 Å². The summed E-state index contributed by atoms with van der Waals surface area (Å²) in [5.74, 6) is 0. The van der Waals surface area contributed by atoms with Gasteiger partial charge in [-0.1, -0.05) is 23.2 Å². The van der Waals surface area contributed by atoms with Gasteiger partial charge in [-0.25, -0.2) is 4.98 Å². The third-order valence-corrected chi connectivity index (χ3v) is 5.06. The molecule has 0 aliphatic heterocycles. The number of nitrogens with zero attached hydrogens (tertiary/aromatic N) is 3. The van der Waals surface area contributed by atoms with Crippen LogP contribution in [0.1, 0.15) is 15.6 Å². The summed E-state index contributed by atoms with van der Waals surface area (Å²) in [4.78, 5) is 5.60. The number of fused-ring (bicyclic) bond motifs is 1. The molecule has 0 amide bonds. The number of halogens is 2. The van der Waals surface area contributed by atoms with Gasteiger partial charge in [-0.15, -0.1) is 11.3 Å². The van der Waals surface area contributed by atoms with Gasteiger partial charge in [0.2, 0.25) is 0 Å². The fourth-order valence-corrected chi connectivity index (χ4v) is 4.00. The van der Waals surface area contributed by atoms with Crippen molar-refractivity contribution in [3.8, 4) is 0 Å². The van der Waals surface area contributed by atoms with Gasteiger partial charge in [-0.05, 0) is 19.9 Å². The van der Waals surface area contributed by atoms with Crippen LogP contribution in [0.3, 0.4) is 0 Å². The molecule has 0 atom stereocenters. The number of rotatable bonds is 3. The molecule has 1 aromatic carbocycles. The molecule has 3 rings (SSSR count). The molecule has 0 unspecified atom stereocenters. The zero-order chi connectivity index (χ0) is 14.3. The van der Waals surface area contributed by atoms with Crippen LogP contribution >= 0.6 is 46.3 Å². The van der Waals surface area contributed by atoms with Gasteiger partial charge in [0, 0.05) is 4.88 Å². The SMILES string of the molecule is Cc1nc(C)c(CNc2c(Cl)cc(Cl)c3nsnc23)s1. The van der Waals surface area contributed by atoms with Gasteiger partial charge < -0.3 is 5.32 Å². The second-order valence-electron chi connectivity index (χ2n) is 4.27. The first-order valence-electron chi connectivity index (χ1n) is 5.83. The summed E-state index contributed by atoms with van der Waals surface area (Å²) in [5.41, 5.74) is 3.20. The molecule has 0 saturated carbocycles. The van der Waals surface area contributed by atoms with Crippen LogP contribution < -0.4 is 5.32 Å². The molecule has 2 aromatic heterocycles. The number of aryl methyl sites for hydroxylation is 2. The molecule has 0 spiro atoms. The van der Waals surface area contributed by atoms with Crippen molar-refractivity contribution in [3.63, 3.8) is 0 Å². The Morgan fingerprint density at radius 3 is 2.60 bits per heavy atom. The third-order valence-electron chi connectivity index (χ3n) is 2.87. The molecule has 0 aliphatic rings. The predicted octanol–water partition coefficient (Wildman–Crippen LogP) is 4.68. The van der Waals surface area contributed by atoms with E-state index in [1.807, 2.05) is 13.8 Å². The van der Waals surface area contributed by atoms with Crippen molar-refractivity contribution in [1.82, 2.24) is 13.7 Å². The van der Waals surface area contributed by atoms with Crippen molar-refractivity contribution in [2.45, 2.75) is 20.4 Å². The van der Waals surface area contributed by atoms with E-state index in [1.54, 1.807) is 17.4 Å². The summed E-state index contributed by atoms with van der Waals surface area (Å²) in [5, 5.41) is 5.45. The van der Waals surface area contributed by atoms with E-state index in [0.29, 0.717) is 27.6 Å². The first kappa shape index (κ1) is 14.0. The van der Waals surface area contributed by atoms with E-state index in [0.717, 1.165) is 28.1 Å². The second kappa shape index (κ2) is 5.44. The molecule has 2 heterocycles. The smallest absolute Gasteiger partial charge is 0.130 e. The Bertz CT molecular complexity index is 781. The monoisotopic (exact) mass is 344 g/mol. The van der Waals surface area contributed by atoms with Gasteiger partial charge in [0.1, 0.15) is 11.0 Å². The van der Waals surface area contributed by atoms with Gasteiger partial charge in [-0.2, -0.15) is 8.75 Å². The van der Waals surface area contributed by atoms with Crippen LogP contribution in [-0.4, -0.2) is 13.7 Å². The normalized spacial score (nSPS) is 11.2. The highest BCUT2D eigenvalue weighted by Gasteiger charge is 2.14. The lowest BCUT2D eigenvalue weighted by atomic mass is 10.2. The minimum atomic E-state index is 0.522. The van der Waals surface area contributed by atoms with Crippen molar-refractivity contribution in [3.05, 3.63) is 31.7 Å². The number of benzene rings is 1. The fourth-order valence-electron chi connectivity index (χ4n) is 1.95. The predicted molar refractivity (Wildman–Crippen MR) is 86.3 cm³/mol.